The van der Waals surface area contributed by atoms with Crippen LogP contribution in [-0.4, -0.2) is 0 Å². The van der Waals surface area contributed by atoms with Gasteiger partial charge in [-0.25, -0.2) is 0 Å². The SMILES string of the molecule is CC1(c2ccccc2)c2ccccc2-c2ccc(-c3ccc(N(c4ccc(-c5ccc(-c6cccc7ccccc67)cc5)cc4)c4ccccc4-c4cccc5cccc(-c6ccccc6)c45)cc3)cc21. The lowest BCUT2D eigenvalue weighted by molar-refractivity contribution is 0.714. The lowest BCUT2D eigenvalue weighted by Gasteiger charge is -2.29. The van der Waals surface area contributed by atoms with E-state index in [0.717, 1.165) is 22.6 Å². The van der Waals surface area contributed by atoms with E-state index in [-0.39, 0.29) is 5.41 Å². The molecule has 1 aliphatic rings. The molecule has 0 bridgehead atoms. The van der Waals surface area contributed by atoms with Crippen LogP contribution in [-0.2, 0) is 5.41 Å². The van der Waals surface area contributed by atoms with Gasteiger partial charge < -0.3 is 4.90 Å². The first kappa shape index (κ1) is 42.1. The minimum atomic E-state index is -0.267. The maximum absolute atomic E-state index is 2.43. The van der Waals surface area contributed by atoms with Crippen molar-refractivity contribution < 1.29 is 0 Å². The summed E-state index contributed by atoms with van der Waals surface area (Å²) in [5, 5.41) is 4.98. The number of nitrogens with zero attached hydrogens (tertiary/aromatic N) is 1. The molecule has 71 heavy (non-hydrogen) atoms. The Morgan fingerprint density at radius 3 is 1.46 bits per heavy atom. The van der Waals surface area contributed by atoms with Crippen LogP contribution in [0.15, 0.2) is 279 Å². The van der Waals surface area contributed by atoms with Crippen LogP contribution in [0.25, 0.3) is 88.3 Å². The second-order valence-corrected chi connectivity index (χ2v) is 18.9. The summed E-state index contributed by atoms with van der Waals surface area (Å²) in [4.78, 5) is 2.43. The zero-order chi connectivity index (χ0) is 47.3. The zero-order valence-corrected chi connectivity index (χ0v) is 39.5. The zero-order valence-electron chi connectivity index (χ0n) is 39.5. The molecular weight excluding hydrogens is 855 g/mol. The Kier molecular flexibility index (Phi) is 10.4. The van der Waals surface area contributed by atoms with Gasteiger partial charge in [0.05, 0.1) is 5.69 Å². The minimum absolute atomic E-state index is 0.267. The molecule has 0 radical (unpaired) electrons. The molecule has 13 rings (SSSR count). The van der Waals surface area contributed by atoms with Crippen molar-refractivity contribution in [3.8, 4) is 66.8 Å². The van der Waals surface area contributed by atoms with E-state index in [1.165, 1.54) is 99.4 Å². The fourth-order valence-electron chi connectivity index (χ4n) is 11.4. The summed E-state index contributed by atoms with van der Waals surface area (Å²) in [5.74, 6) is 0. The number of fused-ring (bicyclic) bond motifs is 5. The third-order valence-corrected chi connectivity index (χ3v) is 15.0. The van der Waals surface area contributed by atoms with Crippen LogP contribution in [0.2, 0.25) is 0 Å². The van der Waals surface area contributed by atoms with Crippen molar-refractivity contribution in [1.82, 2.24) is 0 Å². The third kappa shape index (κ3) is 7.25. The van der Waals surface area contributed by atoms with Gasteiger partial charge in [-0.15, -0.1) is 0 Å². The topological polar surface area (TPSA) is 3.24 Å². The van der Waals surface area contributed by atoms with E-state index >= 15 is 0 Å². The van der Waals surface area contributed by atoms with Gasteiger partial charge in [-0.1, -0.05) is 243 Å². The van der Waals surface area contributed by atoms with Crippen LogP contribution in [0.4, 0.5) is 17.1 Å². The fraction of sp³-hybridized carbons (Fsp3) is 0.0286. The van der Waals surface area contributed by atoms with Gasteiger partial charge in [-0.2, -0.15) is 0 Å². The summed E-state index contributed by atoms with van der Waals surface area (Å²) in [6.45, 7) is 2.39. The molecule has 12 aromatic carbocycles. The second kappa shape index (κ2) is 17.5. The van der Waals surface area contributed by atoms with Crippen LogP contribution in [0.5, 0.6) is 0 Å². The monoisotopic (exact) mass is 903 g/mol. The average molecular weight is 904 g/mol. The molecule has 12 aromatic rings. The molecule has 0 heterocycles. The Labute approximate surface area is 416 Å². The smallest absolute Gasteiger partial charge is 0.0540 e. The van der Waals surface area contributed by atoms with Gasteiger partial charge in [-0.3, -0.25) is 0 Å². The molecule has 334 valence electrons. The Hall–Kier alpha value is -9.04. The van der Waals surface area contributed by atoms with Gasteiger partial charge in [0, 0.05) is 22.4 Å². The fourth-order valence-corrected chi connectivity index (χ4v) is 11.4. The Bertz CT molecular complexity index is 3900. The molecule has 0 saturated carbocycles. The van der Waals surface area contributed by atoms with Crippen molar-refractivity contribution in [2.24, 2.45) is 0 Å². The minimum Gasteiger partial charge on any atom is -0.310 e. The van der Waals surface area contributed by atoms with Gasteiger partial charge in [0.2, 0.25) is 0 Å². The quantitative estimate of drug-likeness (QED) is 0.139. The molecular formula is C70H49N. The number of anilines is 3. The molecule has 0 spiro atoms. The first-order chi connectivity index (χ1) is 35.1. The number of benzene rings is 12. The molecule has 0 N–H and O–H groups in total. The van der Waals surface area contributed by atoms with E-state index in [2.05, 4.69) is 291 Å². The van der Waals surface area contributed by atoms with Gasteiger partial charge in [0.15, 0.2) is 0 Å². The van der Waals surface area contributed by atoms with Crippen molar-refractivity contribution in [2.75, 3.05) is 4.90 Å². The highest BCUT2D eigenvalue weighted by atomic mass is 15.1. The molecule has 1 nitrogen and oxygen atoms in total. The van der Waals surface area contributed by atoms with Gasteiger partial charge in [0.1, 0.15) is 0 Å². The van der Waals surface area contributed by atoms with E-state index in [4.69, 9.17) is 0 Å². The van der Waals surface area contributed by atoms with E-state index in [0.29, 0.717) is 0 Å². The molecule has 1 atom stereocenters. The van der Waals surface area contributed by atoms with E-state index in [9.17, 15) is 0 Å². The molecule has 0 aromatic heterocycles. The Balaban J connectivity index is 0.919. The van der Waals surface area contributed by atoms with Crippen LogP contribution < -0.4 is 4.90 Å². The summed E-state index contributed by atoms with van der Waals surface area (Å²) in [5.41, 5.74) is 21.6. The maximum Gasteiger partial charge on any atom is 0.0540 e. The van der Waals surface area contributed by atoms with E-state index < -0.39 is 0 Å². The Morgan fingerprint density at radius 1 is 0.282 bits per heavy atom. The van der Waals surface area contributed by atoms with E-state index in [1.54, 1.807) is 0 Å². The van der Waals surface area contributed by atoms with Crippen molar-refractivity contribution >= 4 is 38.6 Å². The summed E-state index contributed by atoms with van der Waals surface area (Å²) < 4.78 is 0. The van der Waals surface area contributed by atoms with Crippen LogP contribution in [0, 0.1) is 0 Å². The summed E-state index contributed by atoms with van der Waals surface area (Å²) in [6, 6.07) is 102. The lowest BCUT2D eigenvalue weighted by atomic mass is 9.74. The normalized spacial score (nSPS) is 13.8. The van der Waals surface area contributed by atoms with Gasteiger partial charge in [0.25, 0.3) is 0 Å². The number of hydrogen-bond donors (Lipinski definition) is 0. The first-order valence-electron chi connectivity index (χ1n) is 24.7. The second-order valence-electron chi connectivity index (χ2n) is 18.9. The highest BCUT2D eigenvalue weighted by molar-refractivity contribution is 6.09. The van der Waals surface area contributed by atoms with Crippen LogP contribution in [0.1, 0.15) is 23.6 Å². The molecule has 1 heteroatoms. The highest BCUT2D eigenvalue weighted by Gasteiger charge is 2.40. The van der Waals surface area contributed by atoms with Gasteiger partial charge in [-0.05, 0) is 143 Å². The van der Waals surface area contributed by atoms with Gasteiger partial charge >= 0.3 is 0 Å². The number of para-hydroxylation sites is 1. The maximum atomic E-state index is 2.43. The van der Waals surface area contributed by atoms with Crippen LogP contribution in [0.3, 0.4) is 0 Å². The van der Waals surface area contributed by atoms with Crippen molar-refractivity contribution in [3.63, 3.8) is 0 Å². The van der Waals surface area contributed by atoms with E-state index in [1.807, 2.05) is 0 Å². The molecule has 0 aliphatic heterocycles. The summed E-state index contributed by atoms with van der Waals surface area (Å²) >= 11 is 0. The Morgan fingerprint density at radius 2 is 0.746 bits per heavy atom. The average Bonchev–Trinajstić information content (AvgIpc) is 3.71. The van der Waals surface area contributed by atoms with Crippen molar-refractivity contribution in [1.29, 1.82) is 0 Å². The predicted molar refractivity (Wildman–Crippen MR) is 301 cm³/mol. The number of hydrogen-bond acceptors (Lipinski definition) is 1. The molecule has 0 saturated heterocycles. The largest absolute Gasteiger partial charge is 0.310 e. The molecule has 0 fully saturated rings. The summed E-state index contributed by atoms with van der Waals surface area (Å²) in [7, 11) is 0. The van der Waals surface area contributed by atoms with Crippen LogP contribution >= 0.6 is 0 Å². The molecule has 1 aliphatic carbocycles. The predicted octanol–water partition coefficient (Wildman–Crippen LogP) is 19.1. The first-order valence-corrected chi connectivity index (χ1v) is 24.7. The number of rotatable bonds is 9. The van der Waals surface area contributed by atoms with Crippen molar-refractivity contribution in [3.05, 3.63) is 296 Å². The van der Waals surface area contributed by atoms with Crippen molar-refractivity contribution in [2.45, 2.75) is 12.3 Å². The highest BCUT2D eigenvalue weighted by Crippen LogP contribution is 2.53. The summed E-state index contributed by atoms with van der Waals surface area (Å²) in [6.07, 6.45) is 0. The molecule has 0 amide bonds. The molecule has 1 unspecified atom stereocenters. The lowest BCUT2D eigenvalue weighted by Crippen LogP contribution is -2.22. The standard InChI is InChI=1S/C70H49N/c1-70(56-23-6-3-7-24-56)66-31-12-10-26-62(66)63-46-41-55(47-67(63)70)50-39-44-58(45-40-50)71(57-42-37-49(38-43-57)48-33-35-53(36-34-48)60-28-14-20-51-19-8-9-25-59(51)60)68-32-13-11-27-64(68)65-30-16-22-54-21-15-29-61(69(54)65)52-17-4-2-5-18-52/h2-47H,1H3. The third-order valence-electron chi connectivity index (χ3n) is 15.0.